The number of rotatable bonds is 1. The summed E-state index contributed by atoms with van der Waals surface area (Å²) in [7, 11) is 0. The van der Waals surface area contributed by atoms with E-state index >= 15 is 0 Å². The van der Waals surface area contributed by atoms with Gasteiger partial charge in [0.2, 0.25) is 0 Å². The first-order valence-electron chi connectivity index (χ1n) is 2.27. The summed E-state index contributed by atoms with van der Waals surface area (Å²) in [6, 6.07) is 0. The zero-order valence-electron chi connectivity index (χ0n) is 5.47. The molecule has 0 spiro atoms. The van der Waals surface area contributed by atoms with Gasteiger partial charge in [0.1, 0.15) is 5.76 Å². The fourth-order valence-electron chi connectivity index (χ4n) is 0.218. The molecule has 0 aromatic rings. The number of hydrogen-bond donors (Lipinski definition) is 1. The number of allylic oxidation sites excluding steroid dienone is 2. The summed E-state index contributed by atoms with van der Waals surface area (Å²) in [4.78, 5) is 9.93. The molecule has 0 saturated heterocycles. The second-order valence-corrected chi connectivity index (χ2v) is 1.32. The average Bonchev–Trinajstić information content (AvgIpc) is 1.65. The van der Waals surface area contributed by atoms with Crippen molar-refractivity contribution < 1.29 is 15.0 Å². The van der Waals surface area contributed by atoms with Gasteiger partial charge in [-0.15, -0.1) is 0 Å². The van der Waals surface area contributed by atoms with Crippen LogP contribution in [0.25, 0.3) is 0 Å². The van der Waals surface area contributed by atoms with Crippen LogP contribution in [-0.4, -0.2) is 11.6 Å². The van der Waals surface area contributed by atoms with Crippen LogP contribution in [0.15, 0.2) is 11.8 Å². The fraction of sp³-hybridized carbons (Fsp3) is 0.400. The van der Waals surface area contributed by atoms with Gasteiger partial charge in [0.25, 0.3) is 0 Å². The van der Waals surface area contributed by atoms with Gasteiger partial charge in [0, 0.05) is 0 Å². The monoisotopic (exact) mass is 133 g/mol. The lowest BCUT2D eigenvalue weighted by molar-refractivity contribution is 0.187. The van der Waals surface area contributed by atoms with Gasteiger partial charge in [-0.25, -0.2) is 4.79 Å². The number of amides is 1. The molecule has 4 N–H and O–H groups in total. The van der Waals surface area contributed by atoms with Crippen LogP contribution < -0.4 is 5.73 Å². The fourth-order valence-corrected chi connectivity index (χ4v) is 0.218. The molecule has 0 heterocycles. The number of hydrogen-bond acceptors (Lipinski definition) is 2. The molecule has 0 radical (unpaired) electrons. The van der Waals surface area contributed by atoms with Gasteiger partial charge in [-0.05, 0) is 19.9 Å². The quantitative estimate of drug-likeness (QED) is 0.517. The topological polar surface area (TPSA) is 83.8 Å². The van der Waals surface area contributed by atoms with Crippen LogP contribution in [0.2, 0.25) is 0 Å². The third-order valence-corrected chi connectivity index (χ3v) is 0.668. The van der Waals surface area contributed by atoms with Gasteiger partial charge >= 0.3 is 6.09 Å². The van der Waals surface area contributed by atoms with Crippen molar-refractivity contribution in [1.29, 1.82) is 0 Å². The molecule has 9 heavy (non-hydrogen) atoms. The van der Waals surface area contributed by atoms with Crippen molar-refractivity contribution >= 4 is 6.09 Å². The highest BCUT2D eigenvalue weighted by molar-refractivity contribution is 5.65. The number of carbonyl (C=O) groups is 1. The van der Waals surface area contributed by atoms with Crippen LogP contribution >= 0.6 is 0 Å². The molecule has 54 valence electrons. The van der Waals surface area contributed by atoms with Crippen molar-refractivity contribution in [3.8, 4) is 0 Å². The zero-order valence-corrected chi connectivity index (χ0v) is 5.47. The Morgan fingerprint density at radius 1 is 1.67 bits per heavy atom. The summed E-state index contributed by atoms with van der Waals surface area (Å²) >= 11 is 0. The standard InChI is InChI=1S/C5H9NO2.H2O/c1-3-4(2)8-5(6)7;/h3H,1-2H3,(H2,6,7);1H2. The Labute approximate surface area is 53.6 Å². The lowest BCUT2D eigenvalue weighted by Gasteiger charge is -1.95. The maximum absolute atomic E-state index is 9.93. The van der Waals surface area contributed by atoms with Crippen LogP contribution in [0.1, 0.15) is 13.8 Å². The van der Waals surface area contributed by atoms with E-state index in [1.165, 1.54) is 0 Å². The Bertz CT molecular complexity index is 119. The Balaban J connectivity index is 0. The average molecular weight is 133 g/mol. The smallest absolute Gasteiger partial charge is 0.409 e. The summed E-state index contributed by atoms with van der Waals surface area (Å²) in [5.74, 6) is 0.525. The molecule has 0 aliphatic heterocycles. The Kier molecular flexibility index (Phi) is 6.17. The lowest BCUT2D eigenvalue weighted by atomic mass is 10.5. The zero-order chi connectivity index (χ0) is 6.57. The Morgan fingerprint density at radius 2 is 2.11 bits per heavy atom. The third kappa shape index (κ3) is 6.97. The first-order chi connectivity index (χ1) is 3.66. The van der Waals surface area contributed by atoms with Gasteiger partial charge in [0.05, 0.1) is 0 Å². The predicted molar refractivity (Wildman–Crippen MR) is 33.7 cm³/mol. The molecule has 0 saturated carbocycles. The van der Waals surface area contributed by atoms with Crippen LogP contribution in [0, 0.1) is 0 Å². The van der Waals surface area contributed by atoms with E-state index in [1.54, 1.807) is 19.9 Å². The Hall–Kier alpha value is -1.03. The van der Waals surface area contributed by atoms with E-state index in [-0.39, 0.29) is 5.48 Å². The Morgan fingerprint density at radius 3 is 2.22 bits per heavy atom. The maximum atomic E-state index is 9.93. The van der Waals surface area contributed by atoms with Crippen molar-refractivity contribution in [1.82, 2.24) is 0 Å². The van der Waals surface area contributed by atoms with Gasteiger partial charge in [-0.2, -0.15) is 0 Å². The van der Waals surface area contributed by atoms with Crippen molar-refractivity contribution in [2.24, 2.45) is 5.73 Å². The number of primary amides is 1. The first-order valence-corrected chi connectivity index (χ1v) is 2.27. The predicted octanol–water partition coefficient (Wildman–Crippen LogP) is 0.181. The van der Waals surface area contributed by atoms with Crippen LogP contribution in [-0.2, 0) is 4.74 Å². The second kappa shape index (κ2) is 5.11. The third-order valence-electron chi connectivity index (χ3n) is 0.668. The highest BCUT2D eigenvalue weighted by atomic mass is 16.5. The number of nitrogens with two attached hydrogens (primary N) is 1. The molecule has 0 aliphatic rings. The summed E-state index contributed by atoms with van der Waals surface area (Å²) < 4.78 is 4.40. The van der Waals surface area contributed by atoms with Crippen LogP contribution in [0.4, 0.5) is 4.79 Å². The SMILES string of the molecule is CC=C(C)OC(N)=O.O. The van der Waals surface area contributed by atoms with Gasteiger partial charge in [-0.3, -0.25) is 0 Å². The minimum absolute atomic E-state index is 0. The first kappa shape index (κ1) is 10.9. The van der Waals surface area contributed by atoms with Gasteiger partial charge in [-0.1, -0.05) is 0 Å². The van der Waals surface area contributed by atoms with Crippen LogP contribution in [0.5, 0.6) is 0 Å². The van der Waals surface area contributed by atoms with Crippen molar-refractivity contribution in [3.63, 3.8) is 0 Å². The van der Waals surface area contributed by atoms with Crippen molar-refractivity contribution in [2.45, 2.75) is 13.8 Å². The molecule has 0 aromatic heterocycles. The second-order valence-electron chi connectivity index (χ2n) is 1.32. The van der Waals surface area contributed by atoms with E-state index in [9.17, 15) is 4.79 Å². The lowest BCUT2D eigenvalue weighted by Crippen LogP contribution is -2.11. The summed E-state index contributed by atoms with van der Waals surface area (Å²) in [5.41, 5.74) is 4.67. The van der Waals surface area contributed by atoms with Gasteiger partial charge in [0.15, 0.2) is 0 Å². The van der Waals surface area contributed by atoms with E-state index < -0.39 is 6.09 Å². The van der Waals surface area contributed by atoms with Crippen LogP contribution in [0.3, 0.4) is 0 Å². The van der Waals surface area contributed by atoms with Crippen molar-refractivity contribution in [3.05, 3.63) is 11.8 Å². The molecule has 0 rings (SSSR count). The molecule has 1 amide bonds. The molecule has 4 heteroatoms. The largest absolute Gasteiger partial charge is 0.416 e. The summed E-state index contributed by atoms with van der Waals surface area (Å²) in [6.07, 6.45) is 0.894. The van der Waals surface area contributed by atoms with E-state index in [2.05, 4.69) is 10.5 Å². The van der Waals surface area contributed by atoms with Gasteiger partial charge < -0.3 is 15.9 Å². The maximum Gasteiger partial charge on any atom is 0.409 e. The molecule has 0 fully saturated rings. The minimum Gasteiger partial charge on any atom is -0.416 e. The molecule has 4 nitrogen and oxygen atoms in total. The van der Waals surface area contributed by atoms with E-state index in [0.717, 1.165) is 0 Å². The molecular formula is C5H11NO3. The highest BCUT2D eigenvalue weighted by Crippen LogP contribution is 1.91. The van der Waals surface area contributed by atoms with E-state index in [4.69, 9.17) is 0 Å². The molecule has 0 aliphatic carbocycles. The van der Waals surface area contributed by atoms with E-state index in [0.29, 0.717) is 5.76 Å². The van der Waals surface area contributed by atoms with Crippen molar-refractivity contribution in [2.75, 3.05) is 0 Å². The molecule has 0 bridgehead atoms. The molecular weight excluding hydrogens is 122 g/mol. The molecule has 0 aromatic carbocycles. The molecule has 0 unspecified atom stereocenters. The molecule has 0 atom stereocenters. The summed E-state index contributed by atoms with van der Waals surface area (Å²) in [6.45, 7) is 3.42. The number of ether oxygens (including phenoxy) is 1. The number of carbonyl (C=O) groups excluding carboxylic acids is 1. The van der Waals surface area contributed by atoms with E-state index in [1.807, 2.05) is 0 Å². The highest BCUT2D eigenvalue weighted by Gasteiger charge is 1.90. The normalized spacial score (nSPS) is 9.78. The summed E-state index contributed by atoms with van der Waals surface area (Å²) in [5, 5.41) is 0. The minimum atomic E-state index is -0.763.